The quantitative estimate of drug-likeness (QED) is 0.485. The van der Waals surface area contributed by atoms with Gasteiger partial charge in [-0.1, -0.05) is 21.7 Å². The number of nitro groups is 1. The lowest BCUT2D eigenvalue weighted by molar-refractivity contribution is -0.385. The molecule has 124 valence electrons. The van der Waals surface area contributed by atoms with Crippen LogP contribution in [0.2, 0.25) is 0 Å². The van der Waals surface area contributed by atoms with Crippen molar-refractivity contribution in [1.29, 1.82) is 0 Å². The molecule has 0 bridgehead atoms. The van der Waals surface area contributed by atoms with Crippen LogP contribution in [0.15, 0.2) is 49.7 Å². The molecular formula is C17H13BrNO5-. The highest BCUT2D eigenvalue weighted by atomic mass is 79.9. The van der Waals surface area contributed by atoms with Crippen molar-refractivity contribution in [3.05, 3.63) is 79.6 Å². The molecule has 7 heteroatoms. The zero-order valence-corrected chi connectivity index (χ0v) is 14.5. The molecule has 0 spiro atoms. The lowest BCUT2D eigenvalue weighted by Crippen LogP contribution is -2.08. The molecule has 0 radical (unpaired) electrons. The van der Waals surface area contributed by atoms with Gasteiger partial charge >= 0.3 is 0 Å². The number of rotatable bonds is 4. The number of furan rings is 2. The van der Waals surface area contributed by atoms with E-state index in [1.165, 1.54) is 12.1 Å². The minimum absolute atomic E-state index is 0.128. The molecule has 0 unspecified atom stereocenters. The fraction of sp³-hybridized carbons (Fsp3) is 0.176. The van der Waals surface area contributed by atoms with Gasteiger partial charge in [-0.25, -0.2) is 0 Å². The Labute approximate surface area is 146 Å². The molecule has 24 heavy (non-hydrogen) atoms. The second-order valence-corrected chi connectivity index (χ2v) is 6.29. The molecule has 2 heterocycles. The Morgan fingerprint density at radius 3 is 2.00 bits per heavy atom. The molecule has 3 rings (SSSR count). The maximum Gasteiger partial charge on any atom is 0.270 e. The number of nitrogens with zero attached hydrogens (tertiary/aromatic N) is 1. The van der Waals surface area contributed by atoms with Crippen LogP contribution in [-0.2, 0) is 0 Å². The van der Waals surface area contributed by atoms with Crippen LogP contribution in [0, 0.1) is 24.0 Å². The van der Waals surface area contributed by atoms with E-state index in [-0.39, 0.29) is 21.5 Å². The predicted molar refractivity (Wildman–Crippen MR) is 88.1 cm³/mol. The first kappa shape index (κ1) is 16.3. The fourth-order valence-corrected chi connectivity index (χ4v) is 3.05. The van der Waals surface area contributed by atoms with E-state index in [0.717, 1.165) is 0 Å². The maximum absolute atomic E-state index is 12.6. The zero-order chi connectivity index (χ0) is 17.4. The van der Waals surface area contributed by atoms with Gasteiger partial charge in [-0.05, 0) is 43.7 Å². The van der Waals surface area contributed by atoms with E-state index >= 15 is 0 Å². The van der Waals surface area contributed by atoms with Crippen LogP contribution in [0.4, 0.5) is 5.69 Å². The normalized spacial score (nSPS) is 11.2. The van der Waals surface area contributed by atoms with Crippen molar-refractivity contribution in [2.75, 3.05) is 0 Å². The molecule has 0 aliphatic heterocycles. The summed E-state index contributed by atoms with van der Waals surface area (Å²) < 4.78 is 11.5. The summed E-state index contributed by atoms with van der Waals surface area (Å²) >= 11 is 3.11. The molecule has 0 saturated heterocycles. The lowest BCUT2D eigenvalue weighted by Gasteiger charge is -2.21. The molecule has 6 nitrogen and oxygen atoms in total. The first-order valence-electron chi connectivity index (χ1n) is 7.14. The standard InChI is InChI=1S/C17H14BrNO5/c1-9-3-5-14(23-9)16(15-6-4-10(2)24-15)12-7-11(19(21)22)8-13(18)17(12)20/h3-8,16,20H,1-2H3/p-1. The van der Waals surface area contributed by atoms with E-state index in [0.29, 0.717) is 23.0 Å². The Kier molecular flexibility index (Phi) is 4.19. The van der Waals surface area contributed by atoms with E-state index in [9.17, 15) is 15.2 Å². The largest absolute Gasteiger partial charge is 0.871 e. The molecule has 0 aliphatic carbocycles. The van der Waals surface area contributed by atoms with Crippen LogP contribution in [0.1, 0.15) is 34.5 Å². The monoisotopic (exact) mass is 390 g/mol. The third-order valence-electron chi connectivity index (χ3n) is 3.67. The van der Waals surface area contributed by atoms with Gasteiger partial charge < -0.3 is 13.9 Å². The van der Waals surface area contributed by atoms with Gasteiger partial charge in [-0.15, -0.1) is 0 Å². The van der Waals surface area contributed by atoms with E-state index in [1.54, 1.807) is 38.1 Å². The first-order valence-corrected chi connectivity index (χ1v) is 7.93. The molecule has 0 amide bonds. The molecule has 0 saturated carbocycles. The number of non-ortho nitro benzene ring substituents is 1. The Morgan fingerprint density at radius 1 is 1.04 bits per heavy atom. The third kappa shape index (κ3) is 2.94. The fourth-order valence-electron chi connectivity index (χ4n) is 2.58. The average molecular weight is 391 g/mol. The van der Waals surface area contributed by atoms with E-state index in [1.807, 2.05) is 0 Å². The number of halogens is 1. The zero-order valence-electron chi connectivity index (χ0n) is 12.9. The van der Waals surface area contributed by atoms with Crippen molar-refractivity contribution >= 4 is 21.6 Å². The summed E-state index contributed by atoms with van der Waals surface area (Å²) in [5.41, 5.74) is 0.0489. The third-order valence-corrected chi connectivity index (χ3v) is 4.26. The molecule has 2 aromatic heterocycles. The van der Waals surface area contributed by atoms with Gasteiger partial charge in [0.15, 0.2) is 0 Å². The summed E-state index contributed by atoms with van der Waals surface area (Å²) in [7, 11) is 0. The number of benzene rings is 1. The van der Waals surface area contributed by atoms with E-state index < -0.39 is 10.8 Å². The number of hydrogen-bond acceptors (Lipinski definition) is 5. The Balaban J connectivity index is 2.25. The van der Waals surface area contributed by atoms with Crippen molar-refractivity contribution in [2.24, 2.45) is 0 Å². The highest BCUT2D eigenvalue weighted by Crippen LogP contribution is 2.42. The van der Waals surface area contributed by atoms with Crippen molar-refractivity contribution in [3.63, 3.8) is 0 Å². The summed E-state index contributed by atoms with van der Waals surface area (Å²) in [6, 6.07) is 9.50. The summed E-state index contributed by atoms with van der Waals surface area (Å²) in [4.78, 5) is 10.6. The van der Waals surface area contributed by atoms with Crippen LogP contribution in [0.3, 0.4) is 0 Å². The topological polar surface area (TPSA) is 92.5 Å². The van der Waals surface area contributed by atoms with Crippen molar-refractivity contribution in [3.8, 4) is 5.75 Å². The Bertz CT molecular complexity index is 871. The number of hydrogen-bond donors (Lipinski definition) is 0. The molecule has 3 aromatic rings. The van der Waals surface area contributed by atoms with Gasteiger partial charge in [0.05, 0.1) is 10.8 Å². The molecule has 0 aliphatic rings. The van der Waals surface area contributed by atoms with E-state index in [2.05, 4.69) is 15.9 Å². The highest BCUT2D eigenvalue weighted by molar-refractivity contribution is 9.10. The SMILES string of the molecule is Cc1ccc(C(c2ccc(C)o2)c2cc([N+](=O)[O-])cc(Br)c2[O-])o1. The van der Waals surface area contributed by atoms with Crippen molar-refractivity contribution in [1.82, 2.24) is 0 Å². The first-order chi connectivity index (χ1) is 11.4. The minimum Gasteiger partial charge on any atom is -0.871 e. The Morgan fingerprint density at radius 2 is 1.58 bits per heavy atom. The second-order valence-electron chi connectivity index (χ2n) is 5.43. The highest BCUT2D eigenvalue weighted by Gasteiger charge is 2.26. The smallest absolute Gasteiger partial charge is 0.270 e. The average Bonchev–Trinajstić information content (AvgIpc) is 3.12. The van der Waals surface area contributed by atoms with Crippen LogP contribution < -0.4 is 5.11 Å². The van der Waals surface area contributed by atoms with Crippen LogP contribution in [0.25, 0.3) is 0 Å². The lowest BCUT2D eigenvalue weighted by atomic mass is 9.92. The second kappa shape index (κ2) is 6.16. The molecular weight excluding hydrogens is 378 g/mol. The summed E-state index contributed by atoms with van der Waals surface area (Å²) in [6.07, 6.45) is 0. The van der Waals surface area contributed by atoms with Gasteiger partial charge in [0, 0.05) is 16.6 Å². The molecule has 0 atom stereocenters. The summed E-state index contributed by atoms with van der Waals surface area (Å²) in [5, 5.41) is 23.7. The van der Waals surface area contributed by atoms with Crippen molar-refractivity contribution < 1.29 is 18.9 Å². The number of aryl methyl sites for hydroxylation is 2. The van der Waals surface area contributed by atoms with Gasteiger partial charge in [0.25, 0.3) is 5.69 Å². The van der Waals surface area contributed by atoms with Crippen LogP contribution in [0.5, 0.6) is 5.75 Å². The predicted octanol–water partition coefficient (Wildman–Crippen LogP) is 4.41. The van der Waals surface area contributed by atoms with Crippen LogP contribution in [-0.4, -0.2) is 4.92 Å². The van der Waals surface area contributed by atoms with E-state index in [4.69, 9.17) is 8.83 Å². The van der Waals surface area contributed by atoms with Crippen LogP contribution >= 0.6 is 15.9 Å². The molecule has 0 N–H and O–H groups in total. The maximum atomic E-state index is 12.6. The van der Waals surface area contributed by atoms with Gasteiger partial charge in [0.2, 0.25) is 0 Å². The molecule has 1 aromatic carbocycles. The van der Waals surface area contributed by atoms with Crippen molar-refractivity contribution in [2.45, 2.75) is 19.8 Å². The summed E-state index contributed by atoms with van der Waals surface area (Å²) in [5.74, 6) is 1.34. The van der Waals surface area contributed by atoms with Gasteiger partial charge in [0.1, 0.15) is 23.0 Å². The minimum atomic E-state index is -0.656. The number of nitro benzene ring substituents is 1. The molecule has 0 fully saturated rings. The summed E-state index contributed by atoms with van der Waals surface area (Å²) in [6.45, 7) is 3.57. The Hall–Kier alpha value is -2.54. The van der Waals surface area contributed by atoms with Gasteiger partial charge in [-0.3, -0.25) is 10.1 Å². The van der Waals surface area contributed by atoms with Gasteiger partial charge in [-0.2, -0.15) is 0 Å².